The van der Waals surface area contributed by atoms with Crippen LogP contribution in [-0.2, 0) is 17.8 Å². The summed E-state index contributed by atoms with van der Waals surface area (Å²) in [6, 6.07) is 19.2. The van der Waals surface area contributed by atoms with Gasteiger partial charge in [-0.05, 0) is 42.0 Å². The summed E-state index contributed by atoms with van der Waals surface area (Å²) in [4.78, 5) is 12.1. The first-order chi connectivity index (χ1) is 12.1. The average Bonchev–Trinajstić information content (AvgIpc) is 3.10. The van der Waals surface area contributed by atoms with Crippen LogP contribution in [0.25, 0.3) is 11.3 Å². The highest BCUT2D eigenvalue weighted by Crippen LogP contribution is 2.24. The third-order valence-electron chi connectivity index (χ3n) is 3.77. The van der Waals surface area contributed by atoms with E-state index in [4.69, 9.17) is 9.15 Å². The van der Waals surface area contributed by atoms with Crippen molar-refractivity contribution in [1.29, 1.82) is 0 Å². The van der Waals surface area contributed by atoms with E-state index < -0.39 is 0 Å². The van der Waals surface area contributed by atoms with Gasteiger partial charge >= 0.3 is 0 Å². The number of methoxy groups -OCH3 is 1. The van der Waals surface area contributed by atoms with Crippen LogP contribution < -0.4 is 10.1 Å². The number of carbonyl (C=O) groups excluding carboxylic acids is 1. The highest BCUT2D eigenvalue weighted by atomic mass is 79.9. The second-order valence-corrected chi connectivity index (χ2v) is 6.49. The lowest BCUT2D eigenvalue weighted by atomic mass is 10.1. The van der Waals surface area contributed by atoms with E-state index in [1.54, 1.807) is 7.11 Å². The molecule has 0 fully saturated rings. The van der Waals surface area contributed by atoms with Crippen molar-refractivity contribution in [2.75, 3.05) is 7.11 Å². The molecule has 1 aromatic heterocycles. The summed E-state index contributed by atoms with van der Waals surface area (Å²) in [5.41, 5.74) is 1.94. The van der Waals surface area contributed by atoms with Crippen molar-refractivity contribution in [3.8, 4) is 17.1 Å². The number of rotatable bonds is 6. The fourth-order valence-electron chi connectivity index (χ4n) is 2.42. The zero-order valence-electron chi connectivity index (χ0n) is 13.8. The van der Waals surface area contributed by atoms with Gasteiger partial charge in [0.25, 0.3) is 0 Å². The summed E-state index contributed by atoms with van der Waals surface area (Å²) in [6.45, 7) is 0.367. The molecule has 0 unspecified atom stereocenters. The van der Waals surface area contributed by atoms with E-state index >= 15 is 0 Å². The van der Waals surface area contributed by atoms with Crippen LogP contribution in [0.3, 0.4) is 0 Å². The molecule has 1 amide bonds. The quantitative estimate of drug-likeness (QED) is 0.659. The van der Waals surface area contributed by atoms with E-state index in [2.05, 4.69) is 21.2 Å². The van der Waals surface area contributed by atoms with E-state index in [0.717, 1.165) is 32.9 Å². The monoisotopic (exact) mass is 399 g/mol. The highest BCUT2D eigenvalue weighted by molar-refractivity contribution is 9.10. The molecule has 1 heterocycles. The Morgan fingerprint density at radius 1 is 1.04 bits per heavy atom. The van der Waals surface area contributed by atoms with Gasteiger partial charge in [-0.15, -0.1) is 0 Å². The Morgan fingerprint density at radius 2 is 1.76 bits per heavy atom. The van der Waals surface area contributed by atoms with Gasteiger partial charge in [0.1, 0.15) is 17.3 Å². The van der Waals surface area contributed by atoms with Gasteiger partial charge in [0.15, 0.2) is 0 Å². The maximum absolute atomic E-state index is 12.1. The molecule has 25 heavy (non-hydrogen) atoms. The number of nitrogens with one attached hydrogen (secondary N) is 1. The number of hydrogen-bond acceptors (Lipinski definition) is 3. The number of amides is 1. The number of ether oxygens (including phenoxy) is 1. The SMILES string of the molecule is COc1ccc(CC(=O)NCc2ccc(-c3ccc(Br)cc3)o2)cc1. The maximum Gasteiger partial charge on any atom is 0.224 e. The van der Waals surface area contributed by atoms with Gasteiger partial charge in [-0.3, -0.25) is 4.79 Å². The van der Waals surface area contributed by atoms with Gasteiger partial charge in [-0.25, -0.2) is 0 Å². The van der Waals surface area contributed by atoms with Crippen molar-refractivity contribution < 1.29 is 13.9 Å². The van der Waals surface area contributed by atoms with Gasteiger partial charge in [0.2, 0.25) is 5.91 Å². The summed E-state index contributed by atoms with van der Waals surface area (Å²) in [5.74, 6) is 2.24. The molecule has 0 radical (unpaired) electrons. The zero-order chi connectivity index (χ0) is 17.6. The summed E-state index contributed by atoms with van der Waals surface area (Å²) >= 11 is 3.41. The average molecular weight is 400 g/mol. The summed E-state index contributed by atoms with van der Waals surface area (Å²) in [6.07, 6.45) is 0.324. The third kappa shape index (κ3) is 4.73. The third-order valence-corrected chi connectivity index (χ3v) is 4.30. The fraction of sp³-hybridized carbons (Fsp3) is 0.150. The minimum absolute atomic E-state index is 0.0493. The lowest BCUT2D eigenvalue weighted by Crippen LogP contribution is -2.24. The summed E-state index contributed by atoms with van der Waals surface area (Å²) in [7, 11) is 1.62. The molecule has 4 nitrogen and oxygen atoms in total. The molecule has 0 saturated carbocycles. The van der Waals surface area contributed by atoms with Crippen LogP contribution in [0.2, 0.25) is 0 Å². The first kappa shape index (κ1) is 17.3. The minimum atomic E-state index is -0.0493. The van der Waals surface area contributed by atoms with Gasteiger partial charge < -0.3 is 14.5 Å². The summed E-state index contributed by atoms with van der Waals surface area (Å²) < 4.78 is 11.9. The smallest absolute Gasteiger partial charge is 0.224 e. The molecule has 0 aliphatic rings. The van der Waals surface area contributed by atoms with Gasteiger partial charge in [0.05, 0.1) is 20.1 Å². The van der Waals surface area contributed by atoms with Crippen molar-refractivity contribution in [3.05, 3.63) is 76.5 Å². The molecule has 1 N–H and O–H groups in total. The lowest BCUT2D eigenvalue weighted by Gasteiger charge is -2.05. The maximum atomic E-state index is 12.1. The molecule has 3 rings (SSSR count). The number of hydrogen-bond donors (Lipinski definition) is 1. The van der Waals surface area contributed by atoms with Crippen molar-refractivity contribution in [2.24, 2.45) is 0 Å². The minimum Gasteiger partial charge on any atom is -0.497 e. The fourth-order valence-corrected chi connectivity index (χ4v) is 2.68. The van der Waals surface area contributed by atoms with E-state index in [-0.39, 0.29) is 5.91 Å². The Labute approximate surface area is 154 Å². The highest BCUT2D eigenvalue weighted by Gasteiger charge is 2.08. The molecule has 0 bridgehead atoms. The number of halogens is 1. The molecular formula is C20H18BrNO3. The number of benzene rings is 2. The van der Waals surface area contributed by atoms with Crippen LogP contribution in [0.15, 0.2) is 69.6 Å². The largest absolute Gasteiger partial charge is 0.497 e. The molecule has 0 aliphatic heterocycles. The standard InChI is InChI=1S/C20H18BrNO3/c1-24-17-8-2-14(3-9-17)12-20(23)22-13-18-10-11-19(25-18)15-4-6-16(21)7-5-15/h2-11H,12-13H2,1H3,(H,22,23). The molecule has 128 valence electrons. The Hall–Kier alpha value is -2.53. The molecule has 0 atom stereocenters. The van der Waals surface area contributed by atoms with Crippen molar-refractivity contribution in [2.45, 2.75) is 13.0 Å². The molecule has 0 spiro atoms. The van der Waals surface area contributed by atoms with Crippen LogP contribution in [0.5, 0.6) is 5.75 Å². The molecule has 2 aromatic carbocycles. The van der Waals surface area contributed by atoms with Crippen LogP contribution in [0, 0.1) is 0 Å². The molecule has 5 heteroatoms. The Balaban J connectivity index is 1.54. The molecule has 0 saturated heterocycles. The molecular weight excluding hydrogens is 382 g/mol. The second-order valence-electron chi connectivity index (χ2n) is 5.57. The lowest BCUT2D eigenvalue weighted by molar-refractivity contribution is -0.120. The Bertz CT molecular complexity index is 838. The topological polar surface area (TPSA) is 51.5 Å². The van der Waals surface area contributed by atoms with Crippen LogP contribution >= 0.6 is 15.9 Å². The van der Waals surface area contributed by atoms with Crippen LogP contribution in [0.1, 0.15) is 11.3 Å². The normalized spacial score (nSPS) is 10.5. The van der Waals surface area contributed by atoms with E-state index in [1.165, 1.54) is 0 Å². The second kappa shape index (κ2) is 8.03. The predicted molar refractivity (Wildman–Crippen MR) is 100 cm³/mol. The Morgan fingerprint density at radius 3 is 2.44 bits per heavy atom. The predicted octanol–water partition coefficient (Wildman–Crippen LogP) is 4.58. The first-order valence-corrected chi connectivity index (χ1v) is 8.67. The van der Waals surface area contributed by atoms with Crippen molar-refractivity contribution >= 4 is 21.8 Å². The molecule has 3 aromatic rings. The first-order valence-electron chi connectivity index (χ1n) is 7.88. The van der Waals surface area contributed by atoms with Crippen LogP contribution in [-0.4, -0.2) is 13.0 Å². The van der Waals surface area contributed by atoms with E-state index in [1.807, 2.05) is 60.7 Å². The van der Waals surface area contributed by atoms with Gasteiger partial charge in [-0.2, -0.15) is 0 Å². The van der Waals surface area contributed by atoms with Gasteiger partial charge in [0, 0.05) is 10.0 Å². The zero-order valence-corrected chi connectivity index (χ0v) is 15.4. The van der Waals surface area contributed by atoms with Crippen molar-refractivity contribution in [3.63, 3.8) is 0 Å². The summed E-state index contributed by atoms with van der Waals surface area (Å²) in [5, 5.41) is 2.88. The number of carbonyl (C=O) groups is 1. The van der Waals surface area contributed by atoms with Gasteiger partial charge in [-0.1, -0.05) is 40.2 Å². The van der Waals surface area contributed by atoms with Crippen molar-refractivity contribution in [1.82, 2.24) is 5.32 Å². The van der Waals surface area contributed by atoms with E-state index in [9.17, 15) is 4.79 Å². The Kier molecular flexibility index (Phi) is 5.56. The van der Waals surface area contributed by atoms with Crippen LogP contribution in [0.4, 0.5) is 0 Å². The molecule has 0 aliphatic carbocycles. The van der Waals surface area contributed by atoms with E-state index in [0.29, 0.717) is 13.0 Å². The number of furan rings is 1.